The summed E-state index contributed by atoms with van der Waals surface area (Å²) in [4.78, 5) is 39.6. The molecule has 0 radical (unpaired) electrons. The minimum atomic E-state index is -5.12. The molecule has 10 heteroatoms. The second-order valence-electron chi connectivity index (χ2n) is 8.35. The van der Waals surface area contributed by atoms with E-state index >= 15 is 0 Å². The summed E-state index contributed by atoms with van der Waals surface area (Å²) < 4.78 is 51.8. The first-order valence-electron chi connectivity index (χ1n) is 11.4. The molecule has 2 aromatic carbocycles. The third-order valence-electron chi connectivity index (χ3n) is 5.88. The molecule has 0 aliphatic carbocycles. The van der Waals surface area contributed by atoms with E-state index in [9.17, 15) is 31.9 Å². The Balaban J connectivity index is 1.79. The van der Waals surface area contributed by atoms with E-state index in [-0.39, 0.29) is 23.7 Å². The van der Waals surface area contributed by atoms with Crippen LogP contribution in [0.3, 0.4) is 0 Å². The number of rotatable bonds is 7. The van der Waals surface area contributed by atoms with Crippen LogP contribution in [0.15, 0.2) is 42.5 Å². The number of halogens is 4. The van der Waals surface area contributed by atoms with E-state index in [0.717, 1.165) is 37.3 Å². The second-order valence-corrected chi connectivity index (χ2v) is 8.35. The first kappa shape index (κ1) is 26.2. The summed E-state index contributed by atoms with van der Waals surface area (Å²) in [6.45, 7) is 2.23. The summed E-state index contributed by atoms with van der Waals surface area (Å²) in [5, 5.41) is 1.47. The number of piperidine rings is 1. The van der Waals surface area contributed by atoms with Crippen molar-refractivity contribution in [2.24, 2.45) is 0 Å². The first-order valence-corrected chi connectivity index (χ1v) is 11.4. The highest BCUT2D eigenvalue weighted by Crippen LogP contribution is 2.24. The highest BCUT2D eigenvalue weighted by Gasteiger charge is 2.38. The zero-order chi connectivity index (χ0) is 25.6. The average molecular weight is 494 g/mol. The third kappa shape index (κ3) is 6.80. The van der Waals surface area contributed by atoms with Crippen LogP contribution in [0, 0.1) is 5.82 Å². The van der Waals surface area contributed by atoms with Gasteiger partial charge in [-0.15, -0.1) is 0 Å². The highest BCUT2D eigenvalue weighted by molar-refractivity contribution is 6.00. The van der Waals surface area contributed by atoms with E-state index in [0.29, 0.717) is 18.8 Å². The zero-order valence-electron chi connectivity index (χ0n) is 19.3. The fourth-order valence-corrected chi connectivity index (χ4v) is 3.82. The lowest BCUT2D eigenvalue weighted by molar-refractivity contribution is -0.173. The topological polar surface area (TPSA) is 69.7 Å². The van der Waals surface area contributed by atoms with E-state index in [1.54, 1.807) is 17.0 Å². The maximum Gasteiger partial charge on any atom is 0.471 e. The van der Waals surface area contributed by atoms with Crippen LogP contribution in [-0.4, -0.2) is 48.4 Å². The lowest BCUT2D eigenvalue weighted by Crippen LogP contribution is -2.45. The lowest BCUT2D eigenvalue weighted by atomic mass is 10.1. The minimum absolute atomic E-state index is 0.0914. The van der Waals surface area contributed by atoms with Gasteiger partial charge < -0.3 is 10.2 Å². The molecule has 3 rings (SSSR count). The van der Waals surface area contributed by atoms with Gasteiger partial charge in [-0.3, -0.25) is 14.5 Å². The summed E-state index contributed by atoms with van der Waals surface area (Å²) in [5.74, 6) is -3.90. The zero-order valence-corrected chi connectivity index (χ0v) is 19.3. The Bertz CT molecular complexity index is 1060. The summed E-state index contributed by atoms with van der Waals surface area (Å²) in [6.07, 6.45) is -1.46. The Morgan fingerprint density at radius 2 is 1.66 bits per heavy atom. The van der Waals surface area contributed by atoms with Crippen LogP contribution >= 0.6 is 0 Å². The molecule has 0 bridgehead atoms. The third-order valence-corrected chi connectivity index (χ3v) is 5.88. The molecule has 0 atom stereocenters. The molecule has 1 saturated heterocycles. The molecule has 1 N–H and O–H groups in total. The van der Waals surface area contributed by atoms with Crippen molar-refractivity contribution in [2.45, 2.75) is 45.3 Å². The SMILES string of the molecule is CCc1ccc(N(Cc2ccc(C(=O)CNC(=O)C(F)(F)F)cc2F)C(=O)N2CCCCC2)cc1. The second kappa shape index (κ2) is 11.3. The molecule has 2 aromatic rings. The Hall–Kier alpha value is -3.43. The molecule has 188 valence electrons. The summed E-state index contributed by atoms with van der Waals surface area (Å²) in [6, 6.07) is 10.7. The van der Waals surface area contributed by atoms with E-state index in [4.69, 9.17) is 0 Å². The van der Waals surface area contributed by atoms with Crippen molar-refractivity contribution in [3.63, 3.8) is 0 Å². The molecule has 0 saturated carbocycles. The number of hydrogen-bond donors (Lipinski definition) is 1. The Morgan fingerprint density at radius 1 is 1.00 bits per heavy atom. The average Bonchev–Trinajstić information content (AvgIpc) is 2.86. The largest absolute Gasteiger partial charge is 0.471 e. The summed E-state index contributed by atoms with van der Waals surface area (Å²) in [7, 11) is 0. The van der Waals surface area contributed by atoms with Crippen LogP contribution in [-0.2, 0) is 17.8 Å². The molecule has 1 aliphatic heterocycles. The highest BCUT2D eigenvalue weighted by atomic mass is 19.4. The van der Waals surface area contributed by atoms with Crippen LogP contribution < -0.4 is 10.2 Å². The van der Waals surface area contributed by atoms with Gasteiger partial charge in [-0.05, 0) is 49.4 Å². The first-order chi connectivity index (χ1) is 16.6. The molecule has 0 spiro atoms. The van der Waals surface area contributed by atoms with Crippen LogP contribution in [0.1, 0.15) is 47.7 Å². The Kier molecular flexibility index (Phi) is 8.48. The van der Waals surface area contributed by atoms with Crippen LogP contribution in [0.2, 0.25) is 0 Å². The van der Waals surface area contributed by atoms with Gasteiger partial charge in [0.15, 0.2) is 5.78 Å². The quantitative estimate of drug-likeness (QED) is 0.442. The van der Waals surface area contributed by atoms with Crippen molar-refractivity contribution in [1.82, 2.24) is 10.2 Å². The van der Waals surface area contributed by atoms with Crippen LogP contribution in [0.4, 0.5) is 28.0 Å². The van der Waals surface area contributed by atoms with E-state index < -0.39 is 30.2 Å². The number of nitrogens with one attached hydrogen (secondary N) is 1. The maximum atomic E-state index is 14.9. The fraction of sp³-hybridized carbons (Fsp3) is 0.400. The number of likely N-dealkylation sites (tertiary alicyclic amines) is 1. The van der Waals surface area contributed by atoms with Gasteiger partial charge in [-0.2, -0.15) is 13.2 Å². The summed E-state index contributed by atoms with van der Waals surface area (Å²) >= 11 is 0. The Morgan fingerprint density at radius 3 is 2.23 bits per heavy atom. The number of carbonyl (C=O) groups is 3. The van der Waals surface area contributed by atoms with Crippen molar-refractivity contribution >= 4 is 23.4 Å². The van der Waals surface area contributed by atoms with Crippen molar-refractivity contribution in [2.75, 3.05) is 24.5 Å². The normalized spacial score (nSPS) is 13.9. The molecule has 0 unspecified atom stereocenters. The predicted octanol–water partition coefficient (Wildman–Crippen LogP) is 4.86. The molecule has 35 heavy (non-hydrogen) atoms. The number of Topliss-reactive ketones (excluding diaryl/α,β-unsaturated/α-hetero) is 1. The monoisotopic (exact) mass is 493 g/mol. The molecule has 0 aromatic heterocycles. The Labute approximate surface area is 200 Å². The number of hydrogen-bond acceptors (Lipinski definition) is 3. The van der Waals surface area contributed by atoms with Crippen molar-refractivity contribution in [3.8, 4) is 0 Å². The number of ketones is 1. The smallest absolute Gasteiger partial charge is 0.341 e. The molecule has 3 amide bonds. The maximum absolute atomic E-state index is 14.9. The van der Waals surface area contributed by atoms with Crippen LogP contribution in [0.5, 0.6) is 0 Å². The van der Waals surface area contributed by atoms with Gasteiger partial charge in [0, 0.05) is 29.9 Å². The number of urea groups is 1. The standard InChI is InChI=1S/C25H27F4N3O3/c1-2-17-6-10-20(11-7-17)32(24(35)31-12-4-3-5-13-31)16-19-9-8-18(14-21(19)26)22(33)15-30-23(34)25(27,28)29/h6-11,14H,2-5,12-13,15-16H2,1H3,(H,30,34). The van der Waals surface area contributed by atoms with E-state index in [1.165, 1.54) is 22.3 Å². The van der Waals surface area contributed by atoms with Gasteiger partial charge in [0.05, 0.1) is 13.1 Å². The van der Waals surface area contributed by atoms with Crippen molar-refractivity contribution < 1.29 is 31.9 Å². The van der Waals surface area contributed by atoms with Gasteiger partial charge in [0.25, 0.3) is 0 Å². The fourth-order valence-electron chi connectivity index (χ4n) is 3.82. The number of amides is 3. The van der Waals surface area contributed by atoms with Gasteiger partial charge in [-0.25, -0.2) is 9.18 Å². The number of carbonyl (C=O) groups excluding carboxylic acids is 3. The number of aryl methyl sites for hydroxylation is 1. The number of anilines is 1. The minimum Gasteiger partial charge on any atom is -0.341 e. The predicted molar refractivity (Wildman–Crippen MR) is 123 cm³/mol. The molecular formula is C25H27F4N3O3. The van der Waals surface area contributed by atoms with Crippen molar-refractivity contribution in [3.05, 3.63) is 65.0 Å². The van der Waals surface area contributed by atoms with Crippen molar-refractivity contribution in [1.29, 1.82) is 0 Å². The summed E-state index contributed by atoms with van der Waals surface area (Å²) in [5.41, 5.74) is 1.65. The molecule has 1 heterocycles. The lowest BCUT2D eigenvalue weighted by Gasteiger charge is -2.33. The molecular weight excluding hydrogens is 466 g/mol. The molecule has 1 fully saturated rings. The van der Waals surface area contributed by atoms with Gasteiger partial charge in [0.2, 0.25) is 0 Å². The number of benzene rings is 2. The molecule has 1 aliphatic rings. The van der Waals surface area contributed by atoms with Crippen LogP contribution in [0.25, 0.3) is 0 Å². The van der Waals surface area contributed by atoms with E-state index in [1.807, 2.05) is 19.1 Å². The van der Waals surface area contributed by atoms with E-state index in [2.05, 4.69) is 0 Å². The molecule has 6 nitrogen and oxygen atoms in total. The van der Waals surface area contributed by atoms with Gasteiger partial charge >= 0.3 is 18.1 Å². The number of nitrogens with zero attached hydrogens (tertiary/aromatic N) is 2. The number of alkyl halides is 3. The van der Waals surface area contributed by atoms with Gasteiger partial charge in [-0.1, -0.05) is 31.2 Å². The van der Waals surface area contributed by atoms with Gasteiger partial charge in [0.1, 0.15) is 5.82 Å².